The topological polar surface area (TPSA) is 67.4 Å². The Morgan fingerprint density at radius 2 is 1.70 bits per heavy atom. The quantitative estimate of drug-likeness (QED) is 0.607. The summed E-state index contributed by atoms with van der Waals surface area (Å²) in [6, 6.07) is 20.6. The van der Waals surface area contributed by atoms with Crippen LogP contribution in [0.2, 0.25) is 0 Å². The fourth-order valence-corrected chi connectivity index (χ4v) is 3.09. The number of carbonyl (C=O) groups is 2. The Kier molecular flexibility index (Phi) is 6.80. The van der Waals surface area contributed by atoms with E-state index < -0.39 is 5.82 Å². The minimum atomic E-state index is -0.530. The molecule has 3 aromatic carbocycles. The van der Waals surface area contributed by atoms with Gasteiger partial charge in [0.05, 0.1) is 30.8 Å². The van der Waals surface area contributed by atoms with Crippen molar-refractivity contribution in [3.05, 3.63) is 95.3 Å². The summed E-state index contributed by atoms with van der Waals surface area (Å²) < 4.78 is 18.7. The summed E-state index contributed by atoms with van der Waals surface area (Å²) in [5.74, 6) is -1.06. The van der Waals surface area contributed by atoms with Crippen molar-refractivity contribution in [2.75, 3.05) is 12.4 Å². The van der Waals surface area contributed by atoms with Crippen LogP contribution < -0.4 is 15.4 Å². The molecule has 1 unspecified atom stereocenters. The largest absolute Gasteiger partial charge is 0.494 e. The van der Waals surface area contributed by atoms with Crippen molar-refractivity contribution in [3.8, 4) is 5.75 Å². The van der Waals surface area contributed by atoms with Gasteiger partial charge in [0.2, 0.25) is 5.91 Å². The molecule has 0 spiro atoms. The summed E-state index contributed by atoms with van der Waals surface area (Å²) >= 11 is 0. The SMILES string of the molecule is COc1ccc(CC(=O)Nc2ccccc2C(=O)NC(C)c2ccccc2)cc1F. The van der Waals surface area contributed by atoms with E-state index in [1.54, 1.807) is 30.3 Å². The van der Waals surface area contributed by atoms with Crippen LogP contribution >= 0.6 is 0 Å². The number of carbonyl (C=O) groups excluding carboxylic acids is 2. The van der Waals surface area contributed by atoms with Crippen molar-refractivity contribution in [1.29, 1.82) is 0 Å². The van der Waals surface area contributed by atoms with Crippen LogP contribution in [0, 0.1) is 5.82 Å². The van der Waals surface area contributed by atoms with E-state index in [4.69, 9.17) is 4.74 Å². The first kappa shape index (κ1) is 21.0. The summed E-state index contributed by atoms with van der Waals surface area (Å²) in [7, 11) is 1.38. The third-order valence-electron chi connectivity index (χ3n) is 4.67. The van der Waals surface area contributed by atoms with E-state index in [1.165, 1.54) is 19.2 Å². The van der Waals surface area contributed by atoms with Gasteiger partial charge in [0, 0.05) is 0 Å². The van der Waals surface area contributed by atoms with Crippen molar-refractivity contribution < 1.29 is 18.7 Å². The highest BCUT2D eigenvalue weighted by Gasteiger charge is 2.16. The fraction of sp³-hybridized carbons (Fsp3) is 0.167. The van der Waals surface area contributed by atoms with Gasteiger partial charge in [-0.1, -0.05) is 48.5 Å². The van der Waals surface area contributed by atoms with E-state index >= 15 is 0 Å². The number of halogens is 1. The molecule has 30 heavy (non-hydrogen) atoms. The number of anilines is 1. The number of hydrogen-bond donors (Lipinski definition) is 2. The van der Waals surface area contributed by atoms with Crippen LogP contribution in [0.4, 0.5) is 10.1 Å². The van der Waals surface area contributed by atoms with Crippen molar-refractivity contribution in [2.45, 2.75) is 19.4 Å². The van der Waals surface area contributed by atoms with Crippen molar-refractivity contribution in [1.82, 2.24) is 5.32 Å². The Hall–Kier alpha value is -3.67. The van der Waals surface area contributed by atoms with Crippen LogP contribution in [0.1, 0.15) is 34.5 Å². The molecule has 0 aliphatic rings. The maximum Gasteiger partial charge on any atom is 0.253 e. The van der Waals surface area contributed by atoms with E-state index in [9.17, 15) is 14.0 Å². The standard InChI is InChI=1S/C24H23FN2O3/c1-16(18-8-4-3-5-9-18)26-24(29)19-10-6-7-11-21(19)27-23(28)15-17-12-13-22(30-2)20(25)14-17/h3-14,16H,15H2,1-2H3,(H,26,29)(H,27,28). The second kappa shape index (κ2) is 9.69. The van der Waals surface area contributed by atoms with E-state index in [0.717, 1.165) is 5.56 Å². The summed E-state index contributed by atoms with van der Waals surface area (Å²) in [5, 5.41) is 5.69. The lowest BCUT2D eigenvalue weighted by atomic mass is 10.1. The highest BCUT2D eigenvalue weighted by atomic mass is 19.1. The van der Waals surface area contributed by atoms with Crippen LogP contribution in [0.5, 0.6) is 5.75 Å². The molecule has 2 amide bonds. The predicted octanol–water partition coefficient (Wildman–Crippen LogP) is 4.51. The molecule has 0 heterocycles. The normalized spacial score (nSPS) is 11.4. The Balaban J connectivity index is 1.69. The molecule has 0 fully saturated rings. The fourth-order valence-electron chi connectivity index (χ4n) is 3.09. The average Bonchev–Trinajstić information content (AvgIpc) is 2.74. The molecule has 0 saturated heterocycles. The summed E-state index contributed by atoms with van der Waals surface area (Å²) in [5.41, 5.74) is 2.24. The van der Waals surface area contributed by atoms with Gasteiger partial charge in [0.25, 0.3) is 5.91 Å². The first-order chi connectivity index (χ1) is 14.5. The smallest absolute Gasteiger partial charge is 0.253 e. The van der Waals surface area contributed by atoms with E-state index in [1.807, 2.05) is 37.3 Å². The molecule has 0 aromatic heterocycles. The molecule has 3 aromatic rings. The van der Waals surface area contributed by atoms with Gasteiger partial charge in [-0.2, -0.15) is 0 Å². The molecule has 6 heteroatoms. The first-order valence-electron chi connectivity index (χ1n) is 9.55. The highest BCUT2D eigenvalue weighted by Crippen LogP contribution is 2.20. The maximum atomic E-state index is 13.8. The van der Waals surface area contributed by atoms with Gasteiger partial charge in [-0.25, -0.2) is 4.39 Å². The van der Waals surface area contributed by atoms with Gasteiger partial charge >= 0.3 is 0 Å². The lowest BCUT2D eigenvalue weighted by Crippen LogP contribution is -2.28. The second-order valence-electron chi connectivity index (χ2n) is 6.85. The van der Waals surface area contributed by atoms with Crippen LogP contribution in [0.25, 0.3) is 0 Å². The molecular formula is C24H23FN2O3. The van der Waals surface area contributed by atoms with Gasteiger partial charge in [-0.3, -0.25) is 9.59 Å². The summed E-state index contributed by atoms with van der Waals surface area (Å²) in [4.78, 5) is 25.2. The third kappa shape index (κ3) is 5.23. The predicted molar refractivity (Wildman–Crippen MR) is 114 cm³/mol. The zero-order chi connectivity index (χ0) is 21.5. The number of amides is 2. The van der Waals surface area contributed by atoms with Gasteiger partial charge in [0.1, 0.15) is 0 Å². The molecule has 5 nitrogen and oxygen atoms in total. The van der Waals surface area contributed by atoms with E-state index in [0.29, 0.717) is 16.8 Å². The van der Waals surface area contributed by atoms with Gasteiger partial charge in [0.15, 0.2) is 11.6 Å². The average molecular weight is 406 g/mol. The number of para-hydroxylation sites is 1. The molecule has 154 valence electrons. The van der Waals surface area contributed by atoms with Crippen molar-refractivity contribution in [3.63, 3.8) is 0 Å². The molecule has 0 radical (unpaired) electrons. The number of benzene rings is 3. The molecular weight excluding hydrogens is 383 g/mol. The third-order valence-corrected chi connectivity index (χ3v) is 4.67. The molecule has 0 aliphatic carbocycles. The zero-order valence-electron chi connectivity index (χ0n) is 16.8. The minimum Gasteiger partial charge on any atom is -0.494 e. The number of rotatable bonds is 7. The van der Waals surface area contributed by atoms with Crippen LogP contribution in [-0.2, 0) is 11.2 Å². The first-order valence-corrected chi connectivity index (χ1v) is 9.55. The second-order valence-corrected chi connectivity index (χ2v) is 6.85. The summed E-state index contributed by atoms with van der Waals surface area (Å²) in [6.45, 7) is 1.90. The molecule has 0 bridgehead atoms. The molecule has 2 N–H and O–H groups in total. The van der Waals surface area contributed by atoms with E-state index in [-0.39, 0.29) is 30.0 Å². The molecule has 0 aliphatic heterocycles. The lowest BCUT2D eigenvalue weighted by molar-refractivity contribution is -0.115. The Morgan fingerprint density at radius 1 is 1.00 bits per heavy atom. The van der Waals surface area contributed by atoms with Crippen molar-refractivity contribution in [2.24, 2.45) is 0 Å². The molecule has 0 saturated carbocycles. The lowest BCUT2D eigenvalue weighted by Gasteiger charge is -2.16. The Labute approximate surface area is 174 Å². The maximum absolute atomic E-state index is 13.8. The van der Waals surface area contributed by atoms with Crippen LogP contribution in [0.15, 0.2) is 72.8 Å². The zero-order valence-corrected chi connectivity index (χ0v) is 16.8. The van der Waals surface area contributed by atoms with Crippen LogP contribution in [0.3, 0.4) is 0 Å². The summed E-state index contributed by atoms with van der Waals surface area (Å²) in [6.07, 6.45) is -0.0305. The van der Waals surface area contributed by atoms with Gasteiger partial charge < -0.3 is 15.4 Å². The Bertz CT molecular complexity index is 1040. The van der Waals surface area contributed by atoms with Crippen LogP contribution in [-0.4, -0.2) is 18.9 Å². The number of methoxy groups -OCH3 is 1. The van der Waals surface area contributed by atoms with Gasteiger partial charge in [-0.05, 0) is 42.3 Å². The monoisotopic (exact) mass is 406 g/mol. The van der Waals surface area contributed by atoms with Crippen molar-refractivity contribution >= 4 is 17.5 Å². The highest BCUT2D eigenvalue weighted by molar-refractivity contribution is 6.04. The number of ether oxygens (including phenoxy) is 1. The minimum absolute atomic E-state index is 0.0305. The Morgan fingerprint density at radius 3 is 2.40 bits per heavy atom. The molecule has 1 atom stereocenters. The number of hydrogen-bond acceptors (Lipinski definition) is 3. The number of nitrogens with one attached hydrogen (secondary N) is 2. The van der Waals surface area contributed by atoms with Gasteiger partial charge in [-0.15, -0.1) is 0 Å². The molecule has 3 rings (SSSR count). The van der Waals surface area contributed by atoms with E-state index in [2.05, 4.69) is 10.6 Å².